The van der Waals surface area contributed by atoms with Crippen LogP contribution in [-0.2, 0) is 16.0 Å². The highest BCUT2D eigenvalue weighted by Crippen LogP contribution is 2.38. The molecule has 0 saturated heterocycles. The molecule has 7 heteroatoms. The Hall–Kier alpha value is -3.48. The van der Waals surface area contributed by atoms with Gasteiger partial charge in [0.25, 0.3) is 11.8 Å². The molecule has 2 aromatic rings. The Balaban J connectivity index is 1.48. The Morgan fingerprint density at radius 1 is 0.879 bits per heavy atom. The molecule has 2 heterocycles. The van der Waals surface area contributed by atoms with E-state index in [1.54, 1.807) is 29.2 Å². The van der Waals surface area contributed by atoms with Gasteiger partial charge in [-0.05, 0) is 42.5 Å². The molecule has 3 aliphatic rings. The van der Waals surface area contributed by atoms with E-state index in [1.165, 1.54) is 4.90 Å². The standard InChI is InChI=1S/C26H26N2O5/c29-23(20-11-5-6-12-21(20)26(32)33)27-14-13-16-7-1-2-8-17(16)22(27)15-28-24(30)18-9-3-4-10-19(18)25(28)31/h1-4,7-10,20-22H,5-6,11-15H2,(H,32,33)/t20-,21-,22+/m1/s1. The molecule has 0 bridgehead atoms. The maximum atomic E-state index is 13.7. The fraction of sp³-hybridized carbons (Fsp3) is 0.385. The van der Waals surface area contributed by atoms with Crippen molar-refractivity contribution in [3.63, 3.8) is 0 Å². The first kappa shape index (κ1) is 21.4. The minimum absolute atomic E-state index is 0.0551. The summed E-state index contributed by atoms with van der Waals surface area (Å²) >= 11 is 0. The molecule has 0 radical (unpaired) electrons. The number of carboxylic acids is 1. The van der Waals surface area contributed by atoms with E-state index >= 15 is 0 Å². The van der Waals surface area contributed by atoms with Crippen LogP contribution in [0.3, 0.4) is 0 Å². The minimum Gasteiger partial charge on any atom is -0.481 e. The molecule has 170 valence electrons. The van der Waals surface area contributed by atoms with Crippen molar-refractivity contribution in [2.24, 2.45) is 11.8 Å². The highest BCUT2D eigenvalue weighted by Gasteiger charge is 2.44. The number of imide groups is 1. The average molecular weight is 447 g/mol. The van der Waals surface area contributed by atoms with E-state index in [0.29, 0.717) is 36.9 Å². The highest BCUT2D eigenvalue weighted by atomic mass is 16.4. The van der Waals surface area contributed by atoms with Gasteiger partial charge >= 0.3 is 5.97 Å². The van der Waals surface area contributed by atoms with Crippen LogP contribution < -0.4 is 0 Å². The smallest absolute Gasteiger partial charge is 0.307 e. The van der Waals surface area contributed by atoms with E-state index in [4.69, 9.17) is 0 Å². The number of hydrogen-bond donors (Lipinski definition) is 1. The van der Waals surface area contributed by atoms with E-state index in [9.17, 15) is 24.3 Å². The van der Waals surface area contributed by atoms with Crippen molar-refractivity contribution in [2.75, 3.05) is 13.1 Å². The van der Waals surface area contributed by atoms with Crippen LogP contribution in [0.5, 0.6) is 0 Å². The quantitative estimate of drug-likeness (QED) is 0.727. The lowest BCUT2D eigenvalue weighted by molar-refractivity contribution is -0.153. The Labute approximate surface area is 192 Å². The zero-order chi connectivity index (χ0) is 23.1. The van der Waals surface area contributed by atoms with Gasteiger partial charge in [-0.15, -0.1) is 0 Å². The van der Waals surface area contributed by atoms with Gasteiger partial charge in [-0.3, -0.25) is 24.1 Å². The molecular weight excluding hydrogens is 420 g/mol. The van der Waals surface area contributed by atoms with Crippen LogP contribution in [0.2, 0.25) is 0 Å². The number of carbonyl (C=O) groups excluding carboxylic acids is 3. The molecule has 3 atom stereocenters. The molecule has 5 rings (SSSR count). The lowest BCUT2D eigenvalue weighted by Crippen LogP contribution is -2.50. The SMILES string of the molecule is O=C(O)[C@@H]1CCCC[C@H]1C(=O)N1CCc2ccccc2[C@@H]1CN1C(=O)c2ccccc2C1=O. The van der Waals surface area contributed by atoms with Crippen molar-refractivity contribution in [1.29, 1.82) is 0 Å². The molecule has 2 aromatic carbocycles. The summed E-state index contributed by atoms with van der Waals surface area (Å²) in [6, 6.07) is 14.0. The lowest BCUT2D eigenvalue weighted by atomic mass is 9.77. The van der Waals surface area contributed by atoms with Crippen LogP contribution >= 0.6 is 0 Å². The molecule has 3 amide bonds. The van der Waals surface area contributed by atoms with Gasteiger partial charge in [-0.1, -0.05) is 49.2 Å². The zero-order valence-corrected chi connectivity index (χ0v) is 18.3. The van der Waals surface area contributed by atoms with Gasteiger partial charge in [0, 0.05) is 6.54 Å². The molecule has 2 aliphatic heterocycles. The van der Waals surface area contributed by atoms with E-state index < -0.39 is 23.8 Å². The predicted octanol–water partition coefficient (Wildman–Crippen LogP) is 3.30. The number of carboxylic acid groups (broad SMARTS) is 1. The van der Waals surface area contributed by atoms with Gasteiger partial charge in [0.2, 0.25) is 5.91 Å². The van der Waals surface area contributed by atoms with Crippen molar-refractivity contribution >= 4 is 23.7 Å². The second-order valence-corrected chi connectivity index (χ2v) is 9.10. The summed E-state index contributed by atoms with van der Waals surface area (Å²) in [5, 5.41) is 9.71. The molecule has 33 heavy (non-hydrogen) atoms. The largest absolute Gasteiger partial charge is 0.481 e. The number of rotatable bonds is 4. The molecule has 0 aromatic heterocycles. The summed E-state index contributed by atoms with van der Waals surface area (Å²) < 4.78 is 0. The number of amides is 3. The number of aliphatic carboxylic acids is 1. The Morgan fingerprint density at radius 2 is 1.48 bits per heavy atom. The number of nitrogens with zero attached hydrogens (tertiary/aromatic N) is 2. The maximum absolute atomic E-state index is 13.7. The lowest BCUT2D eigenvalue weighted by Gasteiger charge is -2.42. The molecule has 1 saturated carbocycles. The summed E-state index contributed by atoms with van der Waals surface area (Å²) in [6.07, 6.45) is 3.34. The van der Waals surface area contributed by atoms with Crippen molar-refractivity contribution in [2.45, 2.75) is 38.1 Å². The third-order valence-electron chi connectivity index (χ3n) is 7.33. The van der Waals surface area contributed by atoms with Crippen LogP contribution in [0.4, 0.5) is 0 Å². The molecule has 1 aliphatic carbocycles. The van der Waals surface area contributed by atoms with E-state index in [-0.39, 0.29) is 24.3 Å². The second kappa shape index (κ2) is 8.46. The Bertz CT molecular complexity index is 1110. The van der Waals surface area contributed by atoms with E-state index in [1.807, 2.05) is 24.3 Å². The predicted molar refractivity (Wildman–Crippen MR) is 119 cm³/mol. The molecule has 1 N–H and O–H groups in total. The van der Waals surface area contributed by atoms with Gasteiger partial charge in [-0.25, -0.2) is 0 Å². The summed E-state index contributed by atoms with van der Waals surface area (Å²) in [6.45, 7) is 0.492. The zero-order valence-electron chi connectivity index (χ0n) is 18.3. The second-order valence-electron chi connectivity index (χ2n) is 9.10. The summed E-state index contributed by atoms with van der Waals surface area (Å²) in [5.41, 5.74) is 2.75. The minimum atomic E-state index is -0.928. The first-order chi connectivity index (χ1) is 16.0. The van der Waals surface area contributed by atoms with Gasteiger partial charge in [0.1, 0.15) is 0 Å². The van der Waals surface area contributed by atoms with Crippen LogP contribution in [0, 0.1) is 11.8 Å². The number of fused-ring (bicyclic) bond motifs is 2. The van der Waals surface area contributed by atoms with Crippen molar-refractivity contribution in [3.8, 4) is 0 Å². The van der Waals surface area contributed by atoms with Crippen molar-refractivity contribution in [1.82, 2.24) is 9.80 Å². The molecule has 0 spiro atoms. The topological polar surface area (TPSA) is 95.0 Å². The van der Waals surface area contributed by atoms with E-state index in [2.05, 4.69) is 0 Å². The summed E-state index contributed by atoms with van der Waals surface area (Å²) in [5.74, 6) is -3.09. The van der Waals surface area contributed by atoms with Crippen LogP contribution in [0.15, 0.2) is 48.5 Å². The fourth-order valence-electron chi connectivity index (χ4n) is 5.63. The van der Waals surface area contributed by atoms with Crippen molar-refractivity contribution < 1.29 is 24.3 Å². The van der Waals surface area contributed by atoms with Crippen LogP contribution in [0.1, 0.15) is 63.6 Å². The third kappa shape index (κ3) is 3.61. The number of carbonyl (C=O) groups is 4. The summed E-state index contributed by atoms with van der Waals surface area (Å²) in [7, 11) is 0. The molecule has 1 fully saturated rings. The summed E-state index contributed by atoms with van der Waals surface area (Å²) in [4.78, 5) is 54.6. The fourth-order valence-corrected chi connectivity index (χ4v) is 5.63. The third-order valence-corrected chi connectivity index (χ3v) is 7.33. The van der Waals surface area contributed by atoms with Gasteiger partial charge in [-0.2, -0.15) is 0 Å². The maximum Gasteiger partial charge on any atom is 0.307 e. The van der Waals surface area contributed by atoms with Crippen LogP contribution in [-0.4, -0.2) is 51.7 Å². The van der Waals surface area contributed by atoms with Gasteiger partial charge < -0.3 is 10.0 Å². The normalized spacial score (nSPS) is 24.4. The molecular formula is C26H26N2O5. The van der Waals surface area contributed by atoms with E-state index in [0.717, 1.165) is 24.0 Å². The Kier molecular flexibility index (Phi) is 5.48. The highest BCUT2D eigenvalue weighted by molar-refractivity contribution is 6.21. The van der Waals surface area contributed by atoms with Crippen LogP contribution in [0.25, 0.3) is 0 Å². The average Bonchev–Trinajstić information content (AvgIpc) is 3.08. The monoisotopic (exact) mass is 446 g/mol. The molecule has 7 nitrogen and oxygen atoms in total. The Morgan fingerprint density at radius 3 is 2.15 bits per heavy atom. The number of benzene rings is 2. The molecule has 0 unspecified atom stereocenters. The van der Waals surface area contributed by atoms with Crippen molar-refractivity contribution in [3.05, 3.63) is 70.8 Å². The van der Waals surface area contributed by atoms with Gasteiger partial charge in [0.15, 0.2) is 0 Å². The number of hydrogen-bond acceptors (Lipinski definition) is 4. The first-order valence-corrected chi connectivity index (χ1v) is 11.5. The van der Waals surface area contributed by atoms with Gasteiger partial charge in [0.05, 0.1) is 35.5 Å². The first-order valence-electron chi connectivity index (χ1n) is 11.5.